The van der Waals surface area contributed by atoms with Crippen LogP contribution in [0.4, 0.5) is 0 Å². The first-order valence-electron chi connectivity index (χ1n) is 9.36. The molecule has 0 radical (unpaired) electrons. The molecular weight excluding hydrogens is 276 g/mol. The molecule has 3 heterocycles. The molecule has 3 aliphatic heterocycles. The maximum absolute atomic E-state index is 12.4. The SMILES string of the molecule is O=C1CC[C@@]2(CCCN(C[C@H]3CCOC3)CC2)N1CC1CC1. The van der Waals surface area contributed by atoms with Crippen LogP contribution < -0.4 is 0 Å². The minimum atomic E-state index is 0.209. The van der Waals surface area contributed by atoms with E-state index in [0.717, 1.165) is 44.4 Å². The van der Waals surface area contributed by atoms with Gasteiger partial charge in [0.05, 0.1) is 6.61 Å². The highest BCUT2D eigenvalue weighted by Gasteiger charge is 2.47. The van der Waals surface area contributed by atoms with Gasteiger partial charge in [0.1, 0.15) is 0 Å². The fourth-order valence-corrected chi connectivity index (χ4v) is 4.76. The van der Waals surface area contributed by atoms with E-state index in [0.29, 0.717) is 5.91 Å². The Balaban J connectivity index is 1.38. The van der Waals surface area contributed by atoms with Crippen molar-refractivity contribution < 1.29 is 9.53 Å². The summed E-state index contributed by atoms with van der Waals surface area (Å²) in [5, 5.41) is 0. The van der Waals surface area contributed by atoms with Crippen LogP contribution in [0.25, 0.3) is 0 Å². The third kappa shape index (κ3) is 3.05. The zero-order chi connectivity index (χ0) is 15.0. The highest BCUT2D eigenvalue weighted by molar-refractivity contribution is 5.79. The Hall–Kier alpha value is -0.610. The first-order valence-corrected chi connectivity index (χ1v) is 9.36. The first-order chi connectivity index (χ1) is 10.8. The maximum atomic E-state index is 12.4. The quantitative estimate of drug-likeness (QED) is 0.799. The second kappa shape index (κ2) is 6.12. The number of ether oxygens (including phenoxy) is 1. The lowest BCUT2D eigenvalue weighted by molar-refractivity contribution is -0.131. The number of likely N-dealkylation sites (tertiary alicyclic amines) is 2. The molecule has 1 spiro atoms. The van der Waals surface area contributed by atoms with Crippen LogP contribution in [0.5, 0.6) is 0 Å². The minimum Gasteiger partial charge on any atom is -0.381 e. The lowest BCUT2D eigenvalue weighted by atomic mass is 9.87. The number of amides is 1. The molecule has 3 saturated heterocycles. The van der Waals surface area contributed by atoms with Gasteiger partial charge in [-0.3, -0.25) is 4.79 Å². The molecule has 4 heteroatoms. The highest BCUT2D eigenvalue weighted by atomic mass is 16.5. The van der Waals surface area contributed by atoms with Gasteiger partial charge in [-0.25, -0.2) is 0 Å². The Kier molecular flexibility index (Phi) is 4.16. The van der Waals surface area contributed by atoms with Crippen LogP contribution in [-0.4, -0.2) is 60.6 Å². The predicted molar refractivity (Wildman–Crippen MR) is 85.6 cm³/mol. The van der Waals surface area contributed by atoms with E-state index in [1.807, 2.05) is 0 Å². The summed E-state index contributed by atoms with van der Waals surface area (Å²) in [5.74, 6) is 1.99. The zero-order valence-corrected chi connectivity index (χ0v) is 13.8. The summed E-state index contributed by atoms with van der Waals surface area (Å²) in [6, 6.07) is 0. The van der Waals surface area contributed by atoms with Crippen molar-refractivity contribution in [3.63, 3.8) is 0 Å². The first kappa shape index (κ1) is 14.9. The number of carbonyl (C=O) groups excluding carboxylic acids is 1. The molecule has 124 valence electrons. The van der Waals surface area contributed by atoms with Gasteiger partial charge in [-0.1, -0.05) is 0 Å². The predicted octanol–water partition coefficient (Wildman–Crippen LogP) is 2.28. The van der Waals surface area contributed by atoms with Gasteiger partial charge in [-0.05, 0) is 63.3 Å². The van der Waals surface area contributed by atoms with E-state index in [1.54, 1.807) is 0 Å². The molecule has 0 aromatic heterocycles. The smallest absolute Gasteiger partial charge is 0.223 e. The third-order valence-electron chi connectivity index (χ3n) is 6.37. The summed E-state index contributed by atoms with van der Waals surface area (Å²) in [4.78, 5) is 17.3. The second-order valence-corrected chi connectivity index (χ2v) is 8.06. The molecule has 22 heavy (non-hydrogen) atoms. The molecule has 0 N–H and O–H groups in total. The summed E-state index contributed by atoms with van der Waals surface area (Å²) in [6.45, 7) is 6.54. The van der Waals surface area contributed by atoms with Crippen molar-refractivity contribution >= 4 is 5.91 Å². The van der Waals surface area contributed by atoms with E-state index < -0.39 is 0 Å². The van der Waals surface area contributed by atoms with E-state index in [4.69, 9.17) is 4.74 Å². The normalized spacial score (nSPS) is 37.2. The molecule has 0 bridgehead atoms. The van der Waals surface area contributed by atoms with E-state index in [1.165, 1.54) is 58.2 Å². The Morgan fingerprint density at radius 1 is 1.05 bits per heavy atom. The van der Waals surface area contributed by atoms with Gasteiger partial charge in [-0.2, -0.15) is 0 Å². The molecule has 4 rings (SSSR count). The van der Waals surface area contributed by atoms with Crippen LogP contribution in [0.15, 0.2) is 0 Å². The van der Waals surface area contributed by atoms with Crippen molar-refractivity contribution in [2.45, 2.75) is 56.9 Å². The summed E-state index contributed by atoms with van der Waals surface area (Å²) in [5.41, 5.74) is 0.209. The highest BCUT2D eigenvalue weighted by Crippen LogP contribution is 2.42. The lowest BCUT2D eigenvalue weighted by Gasteiger charge is -2.38. The van der Waals surface area contributed by atoms with Crippen LogP contribution in [0.3, 0.4) is 0 Å². The Labute approximate surface area is 134 Å². The second-order valence-electron chi connectivity index (χ2n) is 8.06. The van der Waals surface area contributed by atoms with E-state index >= 15 is 0 Å². The summed E-state index contributed by atoms with van der Waals surface area (Å²) in [6.07, 6.45) is 9.49. The summed E-state index contributed by atoms with van der Waals surface area (Å²) in [7, 11) is 0. The van der Waals surface area contributed by atoms with Crippen molar-refractivity contribution in [3.8, 4) is 0 Å². The summed E-state index contributed by atoms with van der Waals surface area (Å²) >= 11 is 0. The monoisotopic (exact) mass is 306 g/mol. The molecule has 4 nitrogen and oxygen atoms in total. The number of rotatable bonds is 4. The Morgan fingerprint density at radius 3 is 2.73 bits per heavy atom. The average Bonchev–Trinajstić information content (AvgIpc) is 3.16. The van der Waals surface area contributed by atoms with Crippen LogP contribution in [0.1, 0.15) is 51.4 Å². The third-order valence-corrected chi connectivity index (χ3v) is 6.37. The molecular formula is C18H30N2O2. The van der Waals surface area contributed by atoms with Gasteiger partial charge in [0.15, 0.2) is 0 Å². The van der Waals surface area contributed by atoms with Crippen LogP contribution in [0.2, 0.25) is 0 Å². The van der Waals surface area contributed by atoms with Gasteiger partial charge in [0.25, 0.3) is 0 Å². The van der Waals surface area contributed by atoms with Crippen LogP contribution >= 0.6 is 0 Å². The standard InChI is InChI=1S/C18H30N2O2/c21-17-4-7-18(20(17)13-15-2-3-15)6-1-9-19(10-8-18)12-16-5-11-22-14-16/h15-16H,1-14H2/t16-,18-/m1/s1. The largest absolute Gasteiger partial charge is 0.381 e. The van der Waals surface area contributed by atoms with Crippen LogP contribution in [-0.2, 0) is 9.53 Å². The number of carbonyl (C=O) groups is 1. The van der Waals surface area contributed by atoms with Crippen LogP contribution in [0, 0.1) is 11.8 Å². The van der Waals surface area contributed by atoms with Crippen molar-refractivity contribution in [2.24, 2.45) is 11.8 Å². The van der Waals surface area contributed by atoms with E-state index in [-0.39, 0.29) is 5.54 Å². The molecule has 4 aliphatic rings. The van der Waals surface area contributed by atoms with Gasteiger partial charge in [0.2, 0.25) is 5.91 Å². The number of hydrogen-bond acceptors (Lipinski definition) is 3. The molecule has 4 fully saturated rings. The van der Waals surface area contributed by atoms with Gasteiger partial charge >= 0.3 is 0 Å². The van der Waals surface area contributed by atoms with Crippen molar-refractivity contribution in [1.29, 1.82) is 0 Å². The molecule has 2 atom stereocenters. The number of hydrogen-bond donors (Lipinski definition) is 0. The van der Waals surface area contributed by atoms with E-state index in [2.05, 4.69) is 9.80 Å². The molecule has 0 unspecified atom stereocenters. The van der Waals surface area contributed by atoms with E-state index in [9.17, 15) is 4.79 Å². The lowest BCUT2D eigenvalue weighted by Crippen LogP contribution is -2.47. The van der Waals surface area contributed by atoms with Crippen molar-refractivity contribution in [1.82, 2.24) is 9.80 Å². The molecule has 1 amide bonds. The molecule has 1 saturated carbocycles. The summed E-state index contributed by atoms with van der Waals surface area (Å²) < 4.78 is 5.53. The van der Waals surface area contributed by atoms with Gasteiger partial charge < -0.3 is 14.5 Å². The fraction of sp³-hybridized carbons (Fsp3) is 0.944. The molecule has 1 aliphatic carbocycles. The van der Waals surface area contributed by atoms with Crippen molar-refractivity contribution in [3.05, 3.63) is 0 Å². The minimum absolute atomic E-state index is 0.209. The fourth-order valence-electron chi connectivity index (χ4n) is 4.76. The Bertz CT molecular complexity index is 417. The average molecular weight is 306 g/mol. The molecule has 0 aromatic carbocycles. The number of nitrogens with zero attached hydrogens (tertiary/aromatic N) is 2. The van der Waals surface area contributed by atoms with Crippen molar-refractivity contribution in [2.75, 3.05) is 39.4 Å². The molecule has 0 aromatic rings. The van der Waals surface area contributed by atoms with Gasteiger partial charge in [0, 0.05) is 38.2 Å². The maximum Gasteiger partial charge on any atom is 0.223 e. The Morgan fingerprint density at radius 2 is 1.95 bits per heavy atom. The zero-order valence-electron chi connectivity index (χ0n) is 13.8. The topological polar surface area (TPSA) is 32.8 Å². The van der Waals surface area contributed by atoms with Gasteiger partial charge in [-0.15, -0.1) is 0 Å².